The van der Waals surface area contributed by atoms with Crippen LogP contribution in [0.25, 0.3) is 0 Å². The number of piperidine rings is 1. The van der Waals surface area contributed by atoms with Gasteiger partial charge in [-0.3, -0.25) is 14.5 Å². The summed E-state index contributed by atoms with van der Waals surface area (Å²) < 4.78 is 24.8. The Hall–Kier alpha value is -2.32. The van der Waals surface area contributed by atoms with Crippen molar-refractivity contribution in [1.29, 1.82) is 0 Å². The summed E-state index contributed by atoms with van der Waals surface area (Å²) >= 11 is 1.36. The molecule has 0 saturated carbocycles. The minimum absolute atomic E-state index is 0.00960. The van der Waals surface area contributed by atoms with Gasteiger partial charge in [-0.15, -0.1) is 11.3 Å². The van der Waals surface area contributed by atoms with Crippen molar-refractivity contribution in [2.24, 2.45) is 0 Å². The van der Waals surface area contributed by atoms with Crippen LogP contribution < -0.4 is 10.6 Å². The van der Waals surface area contributed by atoms with E-state index in [-0.39, 0.29) is 24.4 Å². The molecule has 1 aliphatic heterocycles. The maximum atomic E-state index is 12.4. The third-order valence-corrected chi connectivity index (χ3v) is 5.34. The van der Waals surface area contributed by atoms with Crippen molar-refractivity contribution in [2.75, 3.05) is 25.0 Å². The Bertz CT molecular complexity index is 758. The highest BCUT2D eigenvalue weighted by Gasteiger charge is 2.22. The largest absolute Gasteiger partial charge is 0.349 e. The number of alkyl halides is 2. The van der Waals surface area contributed by atoms with Gasteiger partial charge in [0.2, 0.25) is 0 Å². The van der Waals surface area contributed by atoms with Crippen LogP contribution in [-0.4, -0.2) is 48.8 Å². The maximum absolute atomic E-state index is 12.4. The average molecular weight is 393 g/mol. The molecule has 1 aliphatic rings. The van der Waals surface area contributed by atoms with Crippen LogP contribution in [0.1, 0.15) is 32.9 Å². The molecule has 27 heavy (non-hydrogen) atoms. The molecule has 0 aliphatic carbocycles. The summed E-state index contributed by atoms with van der Waals surface area (Å²) in [6.07, 6.45) is -1.00. The van der Waals surface area contributed by atoms with E-state index in [4.69, 9.17) is 0 Å². The Labute approximate surface area is 160 Å². The van der Waals surface area contributed by atoms with Gasteiger partial charge in [0.1, 0.15) is 0 Å². The van der Waals surface area contributed by atoms with E-state index in [2.05, 4.69) is 10.6 Å². The zero-order valence-electron chi connectivity index (χ0n) is 14.7. The lowest BCUT2D eigenvalue weighted by Gasteiger charge is -2.32. The number of carbonyl (C=O) groups excluding carboxylic acids is 2. The van der Waals surface area contributed by atoms with Crippen molar-refractivity contribution in [3.05, 3.63) is 52.2 Å². The van der Waals surface area contributed by atoms with E-state index in [1.54, 1.807) is 35.2 Å². The number of anilines is 1. The van der Waals surface area contributed by atoms with E-state index >= 15 is 0 Å². The van der Waals surface area contributed by atoms with Gasteiger partial charge >= 0.3 is 0 Å². The first kappa shape index (κ1) is 19.4. The predicted molar refractivity (Wildman–Crippen MR) is 102 cm³/mol. The second kappa shape index (κ2) is 9.05. The summed E-state index contributed by atoms with van der Waals surface area (Å²) in [7, 11) is 0. The first-order valence-electron chi connectivity index (χ1n) is 8.77. The predicted octanol–water partition coefficient (Wildman–Crippen LogP) is 3.46. The van der Waals surface area contributed by atoms with E-state index < -0.39 is 6.43 Å². The number of hydrogen-bond acceptors (Lipinski definition) is 4. The number of likely N-dealkylation sites (tertiary alicyclic amines) is 1. The van der Waals surface area contributed by atoms with E-state index in [0.29, 0.717) is 42.1 Å². The maximum Gasteiger partial charge on any atom is 0.265 e. The van der Waals surface area contributed by atoms with Gasteiger partial charge in [-0.05, 0) is 48.6 Å². The molecule has 2 heterocycles. The normalized spacial score (nSPS) is 15.7. The molecule has 0 unspecified atom stereocenters. The number of rotatable bonds is 6. The fraction of sp³-hybridized carbons (Fsp3) is 0.368. The van der Waals surface area contributed by atoms with Crippen molar-refractivity contribution < 1.29 is 18.4 Å². The molecule has 1 aromatic carbocycles. The molecule has 1 saturated heterocycles. The third-order valence-electron chi connectivity index (χ3n) is 4.47. The number of benzene rings is 1. The van der Waals surface area contributed by atoms with Gasteiger partial charge in [0.15, 0.2) is 0 Å². The van der Waals surface area contributed by atoms with Crippen LogP contribution in [0.4, 0.5) is 14.5 Å². The monoisotopic (exact) mass is 393 g/mol. The van der Waals surface area contributed by atoms with E-state index in [1.807, 2.05) is 11.4 Å². The van der Waals surface area contributed by atoms with Crippen LogP contribution in [0, 0.1) is 0 Å². The summed E-state index contributed by atoms with van der Waals surface area (Å²) in [5, 5.41) is 7.57. The Balaban J connectivity index is 1.49. The standard InChI is InChI=1S/C19H21F2N3O2S/c20-17(21)12-24-9-7-15(8-10-24)22-18(25)13-3-5-14(6-4-13)23-19(26)16-2-1-11-27-16/h1-6,11,15,17H,7-10,12H2,(H,22,25)(H,23,26). The third kappa shape index (κ3) is 5.58. The zero-order chi connectivity index (χ0) is 19.2. The lowest BCUT2D eigenvalue weighted by atomic mass is 10.0. The van der Waals surface area contributed by atoms with Crippen LogP contribution in [0.3, 0.4) is 0 Å². The van der Waals surface area contributed by atoms with Gasteiger partial charge in [-0.25, -0.2) is 8.78 Å². The van der Waals surface area contributed by atoms with E-state index in [9.17, 15) is 18.4 Å². The molecule has 3 rings (SSSR count). The zero-order valence-corrected chi connectivity index (χ0v) is 15.5. The Kier molecular flexibility index (Phi) is 6.52. The van der Waals surface area contributed by atoms with Gasteiger partial charge in [-0.2, -0.15) is 0 Å². The molecule has 8 heteroatoms. The van der Waals surface area contributed by atoms with Crippen LogP contribution in [0.5, 0.6) is 0 Å². The first-order chi connectivity index (χ1) is 13.0. The van der Waals surface area contributed by atoms with E-state index in [0.717, 1.165) is 0 Å². The molecule has 0 spiro atoms. The molecule has 5 nitrogen and oxygen atoms in total. The molecule has 1 fully saturated rings. The van der Waals surface area contributed by atoms with Gasteiger partial charge in [0.05, 0.1) is 11.4 Å². The number of nitrogens with one attached hydrogen (secondary N) is 2. The van der Waals surface area contributed by atoms with Crippen molar-refractivity contribution in [2.45, 2.75) is 25.3 Å². The van der Waals surface area contributed by atoms with Gasteiger partial charge in [0.25, 0.3) is 18.2 Å². The molecule has 144 valence electrons. The van der Waals surface area contributed by atoms with Crippen LogP contribution in [0.15, 0.2) is 41.8 Å². The van der Waals surface area contributed by atoms with Crippen LogP contribution in [0.2, 0.25) is 0 Å². The average Bonchev–Trinajstić information content (AvgIpc) is 3.18. The molecule has 2 aromatic rings. The second-order valence-electron chi connectivity index (χ2n) is 6.45. The molecule has 0 radical (unpaired) electrons. The fourth-order valence-corrected chi connectivity index (χ4v) is 3.65. The molecule has 2 N–H and O–H groups in total. The first-order valence-corrected chi connectivity index (χ1v) is 9.65. The lowest BCUT2D eigenvalue weighted by Crippen LogP contribution is -2.45. The Morgan fingerprint density at radius 1 is 1.11 bits per heavy atom. The molecule has 0 atom stereocenters. The molecular formula is C19H21F2N3O2S. The number of nitrogens with zero attached hydrogens (tertiary/aromatic N) is 1. The number of thiophene rings is 1. The number of hydrogen-bond donors (Lipinski definition) is 2. The SMILES string of the molecule is O=C(NC1CCN(CC(F)F)CC1)c1ccc(NC(=O)c2cccs2)cc1. The summed E-state index contributed by atoms with van der Waals surface area (Å²) in [6.45, 7) is 0.908. The molecule has 1 aromatic heterocycles. The van der Waals surface area contributed by atoms with Crippen LogP contribution in [-0.2, 0) is 0 Å². The number of halogens is 2. The molecular weight excluding hydrogens is 372 g/mol. The topological polar surface area (TPSA) is 61.4 Å². The van der Waals surface area contributed by atoms with Crippen molar-refractivity contribution in [3.63, 3.8) is 0 Å². The Morgan fingerprint density at radius 3 is 2.41 bits per heavy atom. The van der Waals surface area contributed by atoms with Crippen molar-refractivity contribution in [3.8, 4) is 0 Å². The Morgan fingerprint density at radius 2 is 1.81 bits per heavy atom. The number of amides is 2. The second-order valence-corrected chi connectivity index (χ2v) is 7.40. The summed E-state index contributed by atoms with van der Waals surface area (Å²) in [5.74, 6) is -0.379. The van der Waals surface area contributed by atoms with Gasteiger partial charge in [-0.1, -0.05) is 6.07 Å². The molecule has 2 amide bonds. The minimum Gasteiger partial charge on any atom is -0.349 e. The highest BCUT2D eigenvalue weighted by molar-refractivity contribution is 7.12. The summed E-state index contributed by atoms with van der Waals surface area (Å²) in [4.78, 5) is 26.7. The number of carbonyl (C=O) groups is 2. The van der Waals surface area contributed by atoms with Crippen LogP contribution >= 0.6 is 11.3 Å². The fourth-order valence-electron chi connectivity index (χ4n) is 3.03. The minimum atomic E-state index is -2.32. The molecule has 0 bridgehead atoms. The lowest BCUT2D eigenvalue weighted by molar-refractivity contribution is 0.0696. The highest BCUT2D eigenvalue weighted by Crippen LogP contribution is 2.16. The quantitative estimate of drug-likeness (QED) is 0.790. The summed E-state index contributed by atoms with van der Waals surface area (Å²) in [5.41, 5.74) is 1.12. The summed E-state index contributed by atoms with van der Waals surface area (Å²) in [6, 6.07) is 10.2. The van der Waals surface area contributed by atoms with E-state index in [1.165, 1.54) is 11.3 Å². The van der Waals surface area contributed by atoms with Gasteiger partial charge < -0.3 is 10.6 Å². The van der Waals surface area contributed by atoms with Crippen molar-refractivity contribution >= 4 is 28.8 Å². The van der Waals surface area contributed by atoms with Crippen molar-refractivity contribution in [1.82, 2.24) is 10.2 Å². The smallest absolute Gasteiger partial charge is 0.265 e. The highest BCUT2D eigenvalue weighted by atomic mass is 32.1. The van der Waals surface area contributed by atoms with Gasteiger partial charge in [0, 0.05) is 30.4 Å².